The van der Waals surface area contributed by atoms with Crippen LogP contribution < -0.4 is 0 Å². The van der Waals surface area contributed by atoms with Crippen LogP contribution in [-0.2, 0) is 11.2 Å². The van der Waals surface area contributed by atoms with Gasteiger partial charge in [-0.25, -0.2) is 0 Å². The summed E-state index contributed by atoms with van der Waals surface area (Å²) in [7, 11) is 0. The second kappa shape index (κ2) is 5.90. The largest absolute Gasteiger partial charge is 0.481 e. The first-order valence-corrected chi connectivity index (χ1v) is 6.80. The molecule has 2 rings (SSSR count). The SMILES string of the molecule is CCC(C)c1ccc(-c2onc(C)c2CC(=O)O)cc1. The zero-order valence-corrected chi connectivity index (χ0v) is 12.0. The maximum absolute atomic E-state index is 10.9. The molecule has 1 heterocycles. The quantitative estimate of drug-likeness (QED) is 0.900. The van der Waals surface area contributed by atoms with E-state index >= 15 is 0 Å². The predicted octanol–water partition coefficient (Wildman–Crippen LogP) is 3.79. The first-order valence-electron chi connectivity index (χ1n) is 6.80. The number of aryl methyl sites for hydroxylation is 1. The summed E-state index contributed by atoms with van der Waals surface area (Å²) in [5.41, 5.74) is 3.42. The third-order valence-electron chi connectivity index (χ3n) is 3.67. The van der Waals surface area contributed by atoms with Gasteiger partial charge in [0.15, 0.2) is 5.76 Å². The molecule has 4 heteroatoms. The molecule has 0 saturated heterocycles. The van der Waals surface area contributed by atoms with Crippen LogP contribution in [0.3, 0.4) is 0 Å². The molecule has 20 heavy (non-hydrogen) atoms. The van der Waals surface area contributed by atoms with E-state index in [0.717, 1.165) is 12.0 Å². The van der Waals surface area contributed by atoms with Crippen molar-refractivity contribution >= 4 is 5.97 Å². The molecule has 1 aromatic carbocycles. The van der Waals surface area contributed by atoms with Crippen molar-refractivity contribution in [2.75, 3.05) is 0 Å². The smallest absolute Gasteiger partial charge is 0.308 e. The van der Waals surface area contributed by atoms with E-state index in [2.05, 4.69) is 31.1 Å². The molecule has 0 aliphatic carbocycles. The molecule has 0 bridgehead atoms. The molecule has 0 radical (unpaired) electrons. The van der Waals surface area contributed by atoms with Crippen molar-refractivity contribution in [2.45, 2.75) is 39.5 Å². The highest BCUT2D eigenvalue weighted by Crippen LogP contribution is 2.28. The second-order valence-corrected chi connectivity index (χ2v) is 5.08. The van der Waals surface area contributed by atoms with E-state index in [1.165, 1.54) is 5.56 Å². The Morgan fingerprint density at radius 3 is 2.55 bits per heavy atom. The van der Waals surface area contributed by atoms with Crippen LogP contribution in [0.2, 0.25) is 0 Å². The second-order valence-electron chi connectivity index (χ2n) is 5.08. The van der Waals surface area contributed by atoms with E-state index < -0.39 is 5.97 Å². The van der Waals surface area contributed by atoms with Crippen LogP contribution in [0.4, 0.5) is 0 Å². The maximum Gasteiger partial charge on any atom is 0.308 e. The molecule has 0 aliphatic rings. The van der Waals surface area contributed by atoms with Gasteiger partial charge in [-0.2, -0.15) is 0 Å². The first kappa shape index (κ1) is 14.3. The van der Waals surface area contributed by atoms with E-state index in [0.29, 0.717) is 22.9 Å². The van der Waals surface area contributed by atoms with E-state index in [-0.39, 0.29) is 6.42 Å². The summed E-state index contributed by atoms with van der Waals surface area (Å²) in [5.74, 6) is 0.188. The summed E-state index contributed by atoms with van der Waals surface area (Å²) in [4.78, 5) is 10.9. The van der Waals surface area contributed by atoms with Crippen molar-refractivity contribution in [3.63, 3.8) is 0 Å². The fourth-order valence-corrected chi connectivity index (χ4v) is 2.17. The van der Waals surface area contributed by atoms with E-state index in [1.54, 1.807) is 6.92 Å². The number of hydrogen-bond acceptors (Lipinski definition) is 3. The van der Waals surface area contributed by atoms with Gasteiger partial charge in [0.2, 0.25) is 0 Å². The minimum absolute atomic E-state index is 0.0716. The Labute approximate surface area is 118 Å². The normalized spacial score (nSPS) is 12.3. The first-order chi connectivity index (χ1) is 9.52. The van der Waals surface area contributed by atoms with Crippen molar-refractivity contribution in [2.24, 2.45) is 0 Å². The Kier molecular flexibility index (Phi) is 4.23. The van der Waals surface area contributed by atoms with Gasteiger partial charge < -0.3 is 9.63 Å². The lowest BCUT2D eigenvalue weighted by atomic mass is 9.96. The number of nitrogens with zero attached hydrogens (tertiary/aromatic N) is 1. The number of hydrogen-bond donors (Lipinski definition) is 1. The summed E-state index contributed by atoms with van der Waals surface area (Å²) >= 11 is 0. The number of rotatable bonds is 5. The molecule has 0 amide bonds. The summed E-state index contributed by atoms with van der Waals surface area (Å²) in [6.07, 6.45) is 1.02. The Bertz CT molecular complexity index is 599. The Balaban J connectivity index is 2.34. The molecular weight excluding hydrogens is 254 g/mol. The molecule has 4 nitrogen and oxygen atoms in total. The minimum Gasteiger partial charge on any atom is -0.481 e. The van der Waals surface area contributed by atoms with Gasteiger partial charge in [0, 0.05) is 11.1 Å². The van der Waals surface area contributed by atoms with Crippen molar-refractivity contribution in [1.82, 2.24) is 5.16 Å². The van der Waals surface area contributed by atoms with Crippen LogP contribution in [0.5, 0.6) is 0 Å². The lowest BCUT2D eigenvalue weighted by molar-refractivity contribution is -0.136. The van der Waals surface area contributed by atoms with Crippen LogP contribution in [0, 0.1) is 6.92 Å². The summed E-state index contributed by atoms with van der Waals surface area (Å²) in [6, 6.07) is 8.05. The molecule has 1 unspecified atom stereocenters. The molecule has 106 valence electrons. The molecule has 0 spiro atoms. The van der Waals surface area contributed by atoms with Gasteiger partial charge in [-0.05, 0) is 24.8 Å². The van der Waals surface area contributed by atoms with Gasteiger partial charge >= 0.3 is 5.97 Å². The number of carbonyl (C=O) groups is 1. The number of aromatic nitrogens is 1. The highest BCUT2D eigenvalue weighted by atomic mass is 16.5. The van der Waals surface area contributed by atoms with Crippen molar-refractivity contribution in [1.29, 1.82) is 0 Å². The van der Waals surface area contributed by atoms with Gasteiger partial charge in [0.1, 0.15) is 0 Å². The van der Waals surface area contributed by atoms with Gasteiger partial charge in [-0.15, -0.1) is 0 Å². The molecule has 0 saturated carbocycles. The average Bonchev–Trinajstić information content (AvgIpc) is 2.79. The fraction of sp³-hybridized carbons (Fsp3) is 0.375. The average molecular weight is 273 g/mol. The molecule has 2 aromatic rings. The number of carboxylic acids is 1. The highest BCUT2D eigenvalue weighted by molar-refractivity contribution is 5.75. The van der Waals surface area contributed by atoms with Crippen LogP contribution in [0.15, 0.2) is 28.8 Å². The zero-order chi connectivity index (χ0) is 14.7. The van der Waals surface area contributed by atoms with Crippen molar-refractivity contribution in [3.8, 4) is 11.3 Å². The minimum atomic E-state index is -0.881. The topological polar surface area (TPSA) is 63.3 Å². The third-order valence-corrected chi connectivity index (χ3v) is 3.67. The lowest BCUT2D eigenvalue weighted by Gasteiger charge is -2.09. The van der Waals surface area contributed by atoms with Gasteiger partial charge in [0.25, 0.3) is 0 Å². The molecule has 0 fully saturated rings. The van der Waals surface area contributed by atoms with Crippen molar-refractivity contribution in [3.05, 3.63) is 41.1 Å². The van der Waals surface area contributed by atoms with Crippen LogP contribution in [-0.4, -0.2) is 16.2 Å². The lowest BCUT2D eigenvalue weighted by Crippen LogP contribution is -2.01. The predicted molar refractivity (Wildman–Crippen MR) is 76.7 cm³/mol. The summed E-state index contributed by atoms with van der Waals surface area (Å²) in [6.45, 7) is 6.10. The molecule has 0 aliphatic heterocycles. The standard InChI is InChI=1S/C16H19NO3/c1-4-10(2)12-5-7-13(8-6-12)16-14(9-15(18)19)11(3)17-20-16/h5-8,10H,4,9H2,1-3H3,(H,18,19). The van der Waals surface area contributed by atoms with E-state index in [9.17, 15) is 4.79 Å². The molecule has 1 atom stereocenters. The van der Waals surface area contributed by atoms with Gasteiger partial charge in [0.05, 0.1) is 12.1 Å². The van der Waals surface area contributed by atoms with Crippen LogP contribution in [0.1, 0.15) is 43.0 Å². The number of aliphatic carboxylic acids is 1. The fourth-order valence-electron chi connectivity index (χ4n) is 2.17. The van der Waals surface area contributed by atoms with Crippen LogP contribution >= 0.6 is 0 Å². The third kappa shape index (κ3) is 2.90. The Hall–Kier alpha value is -2.10. The highest BCUT2D eigenvalue weighted by Gasteiger charge is 2.17. The molecule has 1 aromatic heterocycles. The molecular formula is C16H19NO3. The van der Waals surface area contributed by atoms with Gasteiger partial charge in [-0.1, -0.05) is 43.3 Å². The summed E-state index contributed by atoms with van der Waals surface area (Å²) < 4.78 is 5.30. The Morgan fingerprint density at radius 1 is 1.35 bits per heavy atom. The van der Waals surface area contributed by atoms with Crippen molar-refractivity contribution < 1.29 is 14.4 Å². The zero-order valence-electron chi connectivity index (χ0n) is 12.0. The van der Waals surface area contributed by atoms with Gasteiger partial charge in [-0.3, -0.25) is 4.79 Å². The molecule has 1 N–H and O–H groups in total. The number of carboxylic acid groups (broad SMARTS) is 1. The van der Waals surface area contributed by atoms with Crippen LogP contribution in [0.25, 0.3) is 11.3 Å². The Morgan fingerprint density at radius 2 is 2.00 bits per heavy atom. The van der Waals surface area contributed by atoms with E-state index in [1.807, 2.05) is 12.1 Å². The monoisotopic (exact) mass is 273 g/mol. The van der Waals surface area contributed by atoms with E-state index in [4.69, 9.17) is 9.63 Å². The number of benzene rings is 1. The summed E-state index contributed by atoms with van der Waals surface area (Å²) in [5, 5.41) is 12.8. The maximum atomic E-state index is 10.9.